The van der Waals surface area contributed by atoms with Gasteiger partial charge in [-0.1, -0.05) is 57.5 Å². The molecular formula is C39H48N3O4Si. The van der Waals surface area contributed by atoms with Gasteiger partial charge in [0.2, 0.25) is 0 Å². The number of aromatic nitrogens is 1. The Morgan fingerprint density at radius 2 is 1.57 bits per heavy atom. The Labute approximate surface area is 281 Å². The maximum absolute atomic E-state index is 13.9. The van der Waals surface area contributed by atoms with Crippen LogP contribution in [0.1, 0.15) is 87.9 Å². The standard InChI is InChI=1S/C39H48N3O4Si/c1-38(2,3)27-13-14-29(34(22-27)46-47(7)8)28-15-16-30(35-31(28)23-40-36(35)43)33-21-26-20-25(24-41-18-10-9-11-19-41)12-17-32(26)42(33)37(44)45-39(4,5)6/h12-17,20-22H,9-11,18-19,23-24H2,1-8H3,(H,40,43). The van der Waals surface area contributed by atoms with Crippen molar-refractivity contribution < 1.29 is 18.8 Å². The van der Waals surface area contributed by atoms with E-state index in [1.165, 1.54) is 30.4 Å². The molecule has 0 saturated carbocycles. The third-order valence-electron chi connectivity index (χ3n) is 8.99. The van der Waals surface area contributed by atoms with Gasteiger partial charge in [0.15, 0.2) is 0 Å². The monoisotopic (exact) mass is 650 g/mol. The fraction of sp³-hybridized carbons (Fsp3) is 0.436. The van der Waals surface area contributed by atoms with Gasteiger partial charge in [0.1, 0.15) is 11.4 Å². The minimum Gasteiger partial charge on any atom is -0.542 e. The van der Waals surface area contributed by atoms with Gasteiger partial charge in [-0.25, -0.2) is 9.36 Å². The first kappa shape index (κ1) is 33.0. The van der Waals surface area contributed by atoms with Crippen LogP contribution in [0.4, 0.5) is 4.79 Å². The fourth-order valence-corrected chi connectivity index (χ4v) is 7.38. The molecule has 1 N–H and O–H groups in total. The zero-order chi connectivity index (χ0) is 33.7. The van der Waals surface area contributed by atoms with Crippen molar-refractivity contribution in [2.45, 2.75) is 98.0 Å². The molecule has 1 radical (unpaired) electrons. The van der Waals surface area contributed by atoms with Gasteiger partial charge < -0.3 is 14.5 Å². The van der Waals surface area contributed by atoms with Gasteiger partial charge >= 0.3 is 6.09 Å². The van der Waals surface area contributed by atoms with Crippen molar-refractivity contribution in [2.75, 3.05) is 13.1 Å². The van der Waals surface area contributed by atoms with Crippen molar-refractivity contribution in [3.05, 3.63) is 76.9 Å². The number of fused-ring (bicyclic) bond motifs is 2. The highest BCUT2D eigenvalue weighted by atomic mass is 28.3. The minimum atomic E-state index is -1.05. The summed E-state index contributed by atoms with van der Waals surface area (Å²) in [5.41, 5.74) is 7.26. The van der Waals surface area contributed by atoms with Crippen LogP contribution in [0.2, 0.25) is 13.1 Å². The number of piperidine rings is 1. The normalized spacial score (nSPS) is 15.6. The Hall–Kier alpha value is -3.88. The number of likely N-dealkylation sites (tertiary alicyclic amines) is 1. The smallest absolute Gasteiger partial charge is 0.419 e. The van der Waals surface area contributed by atoms with E-state index in [1.807, 2.05) is 39.0 Å². The van der Waals surface area contributed by atoms with Gasteiger partial charge in [0.25, 0.3) is 14.9 Å². The molecule has 0 unspecified atom stereocenters. The summed E-state index contributed by atoms with van der Waals surface area (Å²) in [7, 11) is -1.05. The number of carbonyl (C=O) groups is 2. The third-order valence-corrected chi connectivity index (χ3v) is 9.62. The van der Waals surface area contributed by atoms with Crippen LogP contribution in [-0.4, -0.2) is 49.2 Å². The second-order valence-electron chi connectivity index (χ2n) is 15.2. The van der Waals surface area contributed by atoms with E-state index in [1.54, 1.807) is 4.57 Å². The summed E-state index contributed by atoms with van der Waals surface area (Å²) in [4.78, 5) is 30.0. The van der Waals surface area contributed by atoms with Crippen LogP contribution in [0.3, 0.4) is 0 Å². The van der Waals surface area contributed by atoms with Gasteiger partial charge in [-0.05, 0) is 112 Å². The van der Waals surface area contributed by atoms with Crippen LogP contribution < -0.4 is 9.74 Å². The average molecular weight is 651 g/mol. The lowest BCUT2D eigenvalue weighted by Crippen LogP contribution is -2.29. The summed E-state index contributed by atoms with van der Waals surface area (Å²) < 4.78 is 14.0. The van der Waals surface area contributed by atoms with Gasteiger partial charge in [-0.3, -0.25) is 9.69 Å². The second-order valence-corrected chi connectivity index (χ2v) is 17.3. The summed E-state index contributed by atoms with van der Waals surface area (Å²) in [6, 6.07) is 18.8. The lowest BCUT2D eigenvalue weighted by molar-refractivity contribution is 0.0547. The highest BCUT2D eigenvalue weighted by Gasteiger charge is 2.31. The molecule has 2 aliphatic heterocycles. The van der Waals surface area contributed by atoms with Crippen molar-refractivity contribution in [1.82, 2.24) is 14.8 Å². The molecule has 1 amide bonds. The first-order chi connectivity index (χ1) is 22.2. The lowest BCUT2D eigenvalue weighted by Gasteiger charge is -2.26. The topological polar surface area (TPSA) is 72.8 Å². The molecule has 1 aromatic heterocycles. The molecule has 2 aliphatic rings. The van der Waals surface area contributed by atoms with Crippen molar-refractivity contribution in [1.29, 1.82) is 0 Å². The summed E-state index contributed by atoms with van der Waals surface area (Å²) >= 11 is 0. The lowest BCUT2D eigenvalue weighted by atomic mass is 9.85. The van der Waals surface area contributed by atoms with Crippen molar-refractivity contribution >= 4 is 31.9 Å². The molecular weight excluding hydrogens is 603 g/mol. The Kier molecular flexibility index (Phi) is 8.87. The average Bonchev–Trinajstić information content (AvgIpc) is 3.56. The third kappa shape index (κ3) is 6.90. The Morgan fingerprint density at radius 1 is 0.872 bits per heavy atom. The van der Waals surface area contributed by atoms with Crippen molar-refractivity contribution in [3.8, 4) is 28.1 Å². The summed E-state index contributed by atoms with van der Waals surface area (Å²) in [5.74, 6) is 0.697. The summed E-state index contributed by atoms with van der Waals surface area (Å²) in [5, 5.41) is 4.02. The van der Waals surface area contributed by atoms with E-state index in [9.17, 15) is 9.59 Å². The minimum absolute atomic E-state index is 0.0307. The highest BCUT2D eigenvalue weighted by molar-refractivity contribution is 6.49. The van der Waals surface area contributed by atoms with Crippen molar-refractivity contribution in [3.63, 3.8) is 0 Å². The SMILES string of the molecule is C[Si](C)Oc1cc(C(C)(C)C)ccc1-c1ccc(-c2cc3cc(CN4CCCCC4)ccc3n2C(=O)OC(C)(C)C)c2c1CNC2=O. The number of amides is 1. The summed E-state index contributed by atoms with van der Waals surface area (Å²) in [6.45, 7) is 20.0. The number of hydrogen-bond donors (Lipinski definition) is 1. The zero-order valence-corrected chi connectivity index (χ0v) is 30.2. The Morgan fingerprint density at radius 3 is 2.26 bits per heavy atom. The van der Waals surface area contributed by atoms with E-state index in [0.717, 1.165) is 53.0 Å². The first-order valence-electron chi connectivity index (χ1n) is 16.9. The maximum Gasteiger partial charge on any atom is 0.419 e. The molecule has 247 valence electrons. The number of nitrogens with zero attached hydrogens (tertiary/aromatic N) is 2. The fourth-order valence-electron chi connectivity index (χ4n) is 6.77. The van der Waals surface area contributed by atoms with Gasteiger partial charge in [0, 0.05) is 29.6 Å². The molecule has 0 atom stereocenters. The predicted molar refractivity (Wildman–Crippen MR) is 192 cm³/mol. The van der Waals surface area contributed by atoms with E-state index in [4.69, 9.17) is 9.16 Å². The molecule has 1 fully saturated rings. The van der Waals surface area contributed by atoms with E-state index in [-0.39, 0.29) is 11.3 Å². The predicted octanol–water partition coefficient (Wildman–Crippen LogP) is 8.92. The number of hydrogen-bond acceptors (Lipinski definition) is 5. The Bertz CT molecular complexity index is 1840. The van der Waals surface area contributed by atoms with Crippen LogP contribution >= 0.6 is 0 Å². The molecule has 1 saturated heterocycles. The molecule has 47 heavy (non-hydrogen) atoms. The zero-order valence-electron chi connectivity index (χ0n) is 29.2. The van der Waals surface area contributed by atoms with Crippen LogP contribution in [0, 0.1) is 0 Å². The van der Waals surface area contributed by atoms with Crippen molar-refractivity contribution in [2.24, 2.45) is 0 Å². The number of benzene rings is 3. The van der Waals surface area contributed by atoms with Crippen LogP contribution in [0.15, 0.2) is 54.6 Å². The van der Waals surface area contributed by atoms with Gasteiger partial charge in [-0.15, -0.1) is 0 Å². The number of carbonyl (C=O) groups excluding carboxylic acids is 2. The first-order valence-corrected chi connectivity index (χ1v) is 19.3. The molecule has 8 heteroatoms. The molecule has 0 aliphatic carbocycles. The molecule has 6 rings (SSSR count). The number of rotatable bonds is 6. The van der Waals surface area contributed by atoms with Gasteiger partial charge in [-0.2, -0.15) is 0 Å². The number of nitrogens with one attached hydrogen (secondary N) is 1. The second kappa shape index (κ2) is 12.6. The number of ether oxygens (including phenoxy) is 1. The molecule has 0 spiro atoms. The van der Waals surface area contributed by atoms with E-state index in [2.05, 4.69) is 80.5 Å². The molecule has 0 bridgehead atoms. The molecule has 4 aromatic rings. The maximum atomic E-state index is 13.9. The summed E-state index contributed by atoms with van der Waals surface area (Å²) in [6.07, 6.45) is 3.30. The molecule has 7 nitrogen and oxygen atoms in total. The van der Waals surface area contributed by atoms with Crippen LogP contribution in [0.5, 0.6) is 5.75 Å². The Balaban J connectivity index is 1.51. The molecule has 3 aromatic carbocycles. The van der Waals surface area contributed by atoms with Crippen LogP contribution in [-0.2, 0) is 23.2 Å². The molecule has 3 heterocycles. The largest absolute Gasteiger partial charge is 0.542 e. The van der Waals surface area contributed by atoms with E-state index in [0.29, 0.717) is 23.4 Å². The van der Waals surface area contributed by atoms with E-state index < -0.39 is 20.7 Å². The van der Waals surface area contributed by atoms with Crippen LogP contribution in [0.25, 0.3) is 33.3 Å². The van der Waals surface area contributed by atoms with Gasteiger partial charge in [0.05, 0.1) is 16.8 Å². The van der Waals surface area contributed by atoms with E-state index >= 15 is 0 Å². The highest BCUT2D eigenvalue weighted by Crippen LogP contribution is 2.42. The quantitative estimate of drug-likeness (QED) is 0.211.